The molecule has 2 unspecified atom stereocenters. The van der Waals surface area contributed by atoms with Gasteiger partial charge in [0.1, 0.15) is 5.75 Å². The van der Waals surface area contributed by atoms with Crippen LogP contribution >= 0.6 is 0 Å². The van der Waals surface area contributed by atoms with Crippen LogP contribution in [0.4, 0.5) is 0 Å². The van der Waals surface area contributed by atoms with E-state index in [1.807, 2.05) is 0 Å². The van der Waals surface area contributed by atoms with Crippen molar-refractivity contribution in [3.8, 4) is 5.75 Å². The summed E-state index contributed by atoms with van der Waals surface area (Å²) in [5, 5.41) is 18.1. The molecule has 0 heterocycles. The van der Waals surface area contributed by atoms with Gasteiger partial charge in [0.05, 0.1) is 6.10 Å². The lowest BCUT2D eigenvalue weighted by atomic mass is 10.1. The van der Waals surface area contributed by atoms with E-state index >= 15 is 0 Å². The second-order valence-electron chi connectivity index (χ2n) is 2.96. The molecule has 13 heavy (non-hydrogen) atoms. The summed E-state index contributed by atoms with van der Waals surface area (Å²) in [6.07, 6.45) is -1.28. The maximum Gasteiger partial charge on any atom is 0.194 e. The first-order chi connectivity index (χ1) is 6.09. The first kappa shape index (κ1) is 10.0. The Morgan fingerprint density at radius 2 is 1.62 bits per heavy atom. The zero-order chi connectivity index (χ0) is 9.84. The fraction of sp³-hybridized carbons (Fsp3) is 0.400. The molecule has 0 saturated carbocycles. The summed E-state index contributed by atoms with van der Waals surface area (Å²) in [4.78, 5) is 0. The lowest BCUT2D eigenvalue weighted by Gasteiger charge is -2.09. The summed E-state index contributed by atoms with van der Waals surface area (Å²) in [6.45, 7) is 3.24. The smallest absolute Gasteiger partial charge is 0.194 e. The third kappa shape index (κ3) is 3.05. The van der Waals surface area contributed by atoms with Gasteiger partial charge in [0.2, 0.25) is 0 Å². The number of hydrogen-bond acceptors (Lipinski definition) is 3. The van der Waals surface area contributed by atoms with E-state index in [9.17, 15) is 5.11 Å². The number of aliphatic hydroxyl groups excluding tert-OH is 2. The van der Waals surface area contributed by atoms with Crippen LogP contribution in [0.5, 0.6) is 5.75 Å². The fourth-order valence-corrected chi connectivity index (χ4v) is 1.02. The molecule has 72 valence electrons. The third-order valence-electron chi connectivity index (χ3n) is 1.67. The number of aliphatic hydroxyl groups is 2. The summed E-state index contributed by atoms with van der Waals surface area (Å²) in [5.41, 5.74) is 0.831. The molecular formula is C10H14O3. The highest BCUT2D eigenvalue weighted by molar-refractivity contribution is 5.28. The Hall–Kier alpha value is -1.06. The molecule has 2 atom stereocenters. The minimum Gasteiger partial charge on any atom is -0.465 e. The van der Waals surface area contributed by atoms with Crippen LogP contribution in [0.3, 0.4) is 0 Å². The number of benzene rings is 1. The van der Waals surface area contributed by atoms with Gasteiger partial charge in [-0.05, 0) is 31.5 Å². The van der Waals surface area contributed by atoms with Gasteiger partial charge in [0.25, 0.3) is 0 Å². The predicted molar refractivity (Wildman–Crippen MR) is 49.4 cm³/mol. The molecule has 0 amide bonds. The zero-order valence-electron chi connectivity index (χ0n) is 7.77. The molecule has 0 aliphatic heterocycles. The molecule has 0 radical (unpaired) electrons. The van der Waals surface area contributed by atoms with Crippen molar-refractivity contribution in [2.24, 2.45) is 0 Å². The molecule has 2 N–H and O–H groups in total. The highest BCUT2D eigenvalue weighted by atomic mass is 16.6. The minimum absolute atomic E-state index is 0.472. The molecule has 0 spiro atoms. The molecule has 0 saturated heterocycles. The predicted octanol–water partition coefficient (Wildman–Crippen LogP) is 1.46. The monoisotopic (exact) mass is 182 g/mol. The highest BCUT2D eigenvalue weighted by Crippen LogP contribution is 2.17. The molecule has 1 rings (SSSR count). The molecule has 0 aromatic heterocycles. The zero-order valence-corrected chi connectivity index (χ0v) is 7.77. The van der Waals surface area contributed by atoms with Crippen molar-refractivity contribution in [1.82, 2.24) is 0 Å². The average molecular weight is 182 g/mol. The van der Waals surface area contributed by atoms with E-state index in [4.69, 9.17) is 9.84 Å². The van der Waals surface area contributed by atoms with Gasteiger partial charge in [-0.25, -0.2) is 0 Å². The van der Waals surface area contributed by atoms with Crippen LogP contribution in [0.1, 0.15) is 25.5 Å². The van der Waals surface area contributed by atoms with E-state index < -0.39 is 12.4 Å². The molecule has 0 aliphatic carbocycles. The molecule has 3 heteroatoms. The van der Waals surface area contributed by atoms with Crippen LogP contribution in [0.25, 0.3) is 0 Å². The molecule has 3 nitrogen and oxygen atoms in total. The Morgan fingerprint density at radius 1 is 1.08 bits per heavy atom. The van der Waals surface area contributed by atoms with Crippen molar-refractivity contribution >= 4 is 0 Å². The van der Waals surface area contributed by atoms with Crippen molar-refractivity contribution in [1.29, 1.82) is 0 Å². The van der Waals surface area contributed by atoms with Crippen LogP contribution in [0, 0.1) is 0 Å². The topological polar surface area (TPSA) is 49.7 Å². The normalized spacial score (nSPS) is 15.1. The van der Waals surface area contributed by atoms with E-state index in [0.29, 0.717) is 5.75 Å². The van der Waals surface area contributed by atoms with Gasteiger partial charge in [0.15, 0.2) is 6.29 Å². The molecule has 1 aromatic carbocycles. The average Bonchev–Trinajstić information content (AvgIpc) is 2.04. The van der Waals surface area contributed by atoms with Gasteiger partial charge in [-0.2, -0.15) is 0 Å². The van der Waals surface area contributed by atoms with E-state index in [0.717, 1.165) is 5.56 Å². The van der Waals surface area contributed by atoms with E-state index in [1.165, 1.54) is 0 Å². The molecule has 0 aliphatic rings. The standard InChI is InChI=1S/C10H14O3/c1-7(11)9-3-5-10(6-4-9)13-8(2)12/h3-8,11-12H,1-2H3. The van der Waals surface area contributed by atoms with Crippen LogP contribution < -0.4 is 4.74 Å². The van der Waals surface area contributed by atoms with Crippen molar-refractivity contribution in [2.45, 2.75) is 26.2 Å². The lowest BCUT2D eigenvalue weighted by molar-refractivity contribution is -0.000318. The van der Waals surface area contributed by atoms with Gasteiger partial charge in [-0.15, -0.1) is 0 Å². The quantitative estimate of drug-likeness (QED) is 0.696. The second-order valence-corrected chi connectivity index (χ2v) is 2.96. The maximum absolute atomic E-state index is 9.21. The second kappa shape index (κ2) is 4.25. The first-order valence-corrected chi connectivity index (χ1v) is 4.22. The van der Waals surface area contributed by atoms with Crippen LogP contribution in [-0.4, -0.2) is 16.5 Å². The van der Waals surface area contributed by atoms with Gasteiger partial charge in [0, 0.05) is 0 Å². The highest BCUT2D eigenvalue weighted by Gasteiger charge is 2.01. The van der Waals surface area contributed by atoms with E-state index in [-0.39, 0.29) is 0 Å². The Balaban J connectivity index is 2.70. The van der Waals surface area contributed by atoms with Gasteiger partial charge < -0.3 is 14.9 Å². The van der Waals surface area contributed by atoms with E-state index in [2.05, 4.69) is 0 Å². The van der Waals surface area contributed by atoms with Crippen LogP contribution in [0.15, 0.2) is 24.3 Å². The van der Waals surface area contributed by atoms with Crippen molar-refractivity contribution in [3.05, 3.63) is 29.8 Å². The summed E-state index contributed by atoms with van der Waals surface area (Å²) in [6, 6.07) is 6.97. The maximum atomic E-state index is 9.21. The minimum atomic E-state index is -0.808. The third-order valence-corrected chi connectivity index (χ3v) is 1.67. The van der Waals surface area contributed by atoms with Gasteiger partial charge >= 0.3 is 0 Å². The number of rotatable bonds is 3. The Morgan fingerprint density at radius 3 is 2.00 bits per heavy atom. The van der Waals surface area contributed by atoms with Crippen molar-refractivity contribution < 1.29 is 14.9 Å². The van der Waals surface area contributed by atoms with Crippen molar-refractivity contribution in [2.75, 3.05) is 0 Å². The first-order valence-electron chi connectivity index (χ1n) is 4.22. The molecule has 0 fully saturated rings. The largest absolute Gasteiger partial charge is 0.465 e. The van der Waals surface area contributed by atoms with Crippen LogP contribution in [-0.2, 0) is 0 Å². The number of hydrogen-bond donors (Lipinski definition) is 2. The Kier molecular flexibility index (Phi) is 3.28. The molecule has 1 aromatic rings. The van der Waals surface area contributed by atoms with Gasteiger partial charge in [-0.1, -0.05) is 12.1 Å². The van der Waals surface area contributed by atoms with Crippen LogP contribution in [0.2, 0.25) is 0 Å². The van der Waals surface area contributed by atoms with Crippen molar-refractivity contribution in [3.63, 3.8) is 0 Å². The summed E-state index contributed by atoms with van der Waals surface area (Å²) < 4.78 is 5.02. The SMILES string of the molecule is CC(O)Oc1ccc(C(C)O)cc1. The van der Waals surface area contributed by atoms with E-state index in [1.54, 1.807) is 38.1 Å². The lowest BCUT2D eigenvalue weighted by Crippen LogP contribution is -2.09. The number of ether oxygens (including phenoxy) is 1. The summed E-state index contributed by atoms with van der Waals surface area (Å²) >= 11 is 0. The Labute approximate surface area is 77.6 Å². The van der Waals surface area contributed by atoms with Gasteiger partial charge in [-0.3, -0.25) is 0 Å². The fourth-order valence-electron chi connectivity index (χ4n) is 1.02. The summed E-state index contributed by atoms with van der Waals surface area (Å²) in [5.74, 6) is 0.597. The molecular weight excluding hydrogens is 168 g/mol. The molecule has 0 bridgehead atoms. The summed E-state index contributed by atoms with van der Waals surface area (Å²) in [7, 11) is 0. The Bertz CT molecular complexity index is 251.